The second-order valence-corrected chi connectivity index (χ2v) is 1.93. The van der Waals surface area contributed by atoms with E-state index in [2.05, 4.69) is 4.74 Å². The molecule has 0 rings (SSSR count). The molecule has 0 saturated carbocycles. The zero-order valence-electron chi connectivity index (χ0n) is 7.11. The molecular formula is C6H7NaO6. The van der Waals surface area contributed by atoms with Gasteiger partial charge in [-0.25, -0.2) is 4.79 Å². The Morgan fingerprint density at radius 2 is 1.77 bits per heavy atom. The van der Waals surface area contributed by atoms with Crippen LogP contribution in [0, 0.1) is 0 Å². The van der Waals surface area contributed by atoms with Gasteiger partial charge in [0.25, 0.3) is 0 Å². The SMILES string of the molecule is O=C([O-])CCC(=O)OCC(=O)O.[Na+]. The maximum absolute atomic E-state index is 10.5. The van der Waals surface area contributed by atoms with Gasteiger partial charge in [-0.3, -0.25) is 4.79 Å². The van der Waals surface area contributed by atoms with Gasteiger partial charge in [0.1, 0.15) is 0 Å². The Labute approximate surface area is 96.2 Å². The molecule has 1 N–H and O–H groups in total. The van der Waals surface area contributed by atoms with Crippen molar-refractivity contribution in [2.75, 3.05) is 6.61 Å². The van der Waals surface area contributed by atoms with Crippen LogP contribution in [0.1, 0.15) is 12.8 Å². The Balaban J connectivity index is 0. The van der Waals surface area contributed by atoms with Crippen molar-refractivity contribution in [1.82, 2.24) is 0 Å². The van der Waals surface area contributed by atoms with Gasteiger partial charge in [0.2, 0.25) is 0 Å². The maximum Gasteiger partial charge on any atom is 1.00 e. The van der Waals surface area contributed by atoms with Crippen molar-refractivity contribution in [2.24, 2.45) is 0 Å². The number of ether oxygens (including phenoxy) is 1. The molecule has 0 saturated heterocycles. The van der Waals surface area contributed by atoms with Gasteiger partial charge in [0.15, 0.2) is 6.61 Å². The van der Waals surface area contributed by atoms with Crippen molar-refractivity contribution in [3.63, 3.8) is 0 Å². The molecule has 0 spiro atoms. The van der Waals surface area contributed by atoms with Crippen LogP contribution < -0.4 is 34.7 Å². The minimum atomic E-state index is -1.37. The minimum absolute atomic E-state index is 0. The summed E-state index contributed by atoms with van der Waals surface area (Å²) in [5.74, 6) is -3.51. The molecule has 0 radical (unpaired) electrons. The predicted molar refractivity (Wildman–Crippen MR) is 32.8 cm³/mol. The summed E-state index contributed by atoms with van der Waals surface area (Å²) in [5, 5.41) is 17.8. The average molecular weight is 198 g/mol. The second kappa shape index (κ2) is 8.03. The van der Waals surface area contributed by atoms with Gasteiger partial charge in [0, 0.05) is 5.97 Å². The molecular weight excluding hydrogens is 191 g/mol. The van der Waals surface area contributed by atoms with Gasteiger partial charge < -0.3 is 19.7 Å². The summed E-state index contributed by atoms with van der Waals surface area (Å²) in [6.45, 7) is -0.744. The number of hydrogen-bond donors (Lipinski definition) is 1. The van der Waals surface area contributed by atoms with Crippen LogP contribution in [0.25, 0.3) is 0 Å². The van der Waals surface area contributed by atoms with Crippen molar-refractivity contribution in [3.05, 3.63) is 0 Å². The standard InChI is InChI=1S/C6H8O6.Na/c7-4(8)1-2-6(11)12-3-5(9)10;/h1-3H2,(H,7,8)(H,9,10);/q;+1/p-1. The van der Waals surface area contributed by atoms with Crippen molar-refractivity contribution < 1.29 is 58.9 Å². The van der Waals surface area contributed by atoms with E-state index in [-0.39, 0.29) is 36.0 Å². The summed E-state index contributed by atoms with van der Waals surface area (Å²) in [5.41, 5.74) is 0. The molecule has 0 aromatic heterocycles. The van der Waals surface area contributed by atoms with Crippen molar-refractivity contribution in [2.45, 2.75) is 12.8 Å². The summed E-state index contributed by atoms with van der Waals surface area (Å²) in [6, 6.07) is 0. The van der Waals surface area contributed by atoms with Crippen molar-refractivity contribution >= 4 is 17.9 Å². The summed E-state index contributed by atoms with van der Waals surface area (Å²) in [7, 11) is 0. The van der Waals surface area contributed by atoms with E-state index in [1.165, 1.54) is 0 Å². The van der Waals surface area contributed by atoms with E-state index < -0.39 is 30.9 Å². The van der Waals surface area contributed by atoms with E-state index >= 15 is 0 Å². The predicted octanol–water partition coefficient (Wildman–Crippen LogP) is -4.85. The zero-order valence-corrected chi connectivity index (χ0v) is 9.11. The summed E-state index contributed by atoms with van der Waals surface area (Å²) in [4.78, 5) is 30.1. The molecule has 0 aromatic carbocycles. The van der Waals surface area contributed by atoms with Gasteiger partial charge >= 0.3 is 41.5 Å². The Morgan fingerprint density at radius 3 is 2.15 bits per heavy atom. The van der Waals surface area contributed by atoms with Gasteiger partial charge in [-0.15, -0.1) is 0 Å². The molecule has 0 fully saturated rings. The summed E-state index contributed by atoms with van der Waals surface area (Å²) in [6.07, 6.45) is -0.825. The monoisotopic (exact) mass is 198 g/mol. The molecule has 13 heavy (non-hydrogen) atoms. The molecule has 0 aliphatic rings. The first-order valence-corrected chi connectivity index (χ1v) is 3.09. The molecule has 6 nitrogen and oxygen atoms in total. The van der Waals surface area contributed by atoms with E-state index in [0.29, 0.717) is 0 Å². The fourth-order valence-electron chi connectivity index (χ4n) is 0.419. The van der Waals surface area contributed by atoms with Crippen LogP contribution in [-0.4, -0.2) is 29.6 Å². The van der Waals surface area contributed by atoms with E-state index in [1.807, 2.05) is 0 Å². The Bertz CT molecular complexity index is 181. The first-order chi connectivity index (χ1) is 5.52. The molecule has 7 heteroatoms. The van der Waals surface area contributed by atoms with Gasteiger partial charge in [-0.1, -0.05) is 0 Å². The smallest absolute Gasteiger partial charge is 0.550 e. The molecule has 68 valence electrons. The molecule has 0 atom stereocenters. The number of hydrogen-bond acceptors (Lipinski definition) is 5. The van der Waals surface area contributed by atoms with Crippen molar-refractivity contribution in [1.29, 1.82) is 0 Å². The number of esters is 1. The molecule has 0 aromatic rings. The Kier molecular flexibility index (Phi) is 9.21. The minimum Gasteiger partial charge on any atom is -0.550 e. The first kappa shape index (κ1) is 14.9. The third-order valence-electron chi connectivity index (χ3n) is 0.890. The van der Waals surface area contributed by atoms with E-state index in [9.17, 15) is 19.5 Å². The first-order valence-electron chi connectivity index (χ1n) is 3.09. The summed E-state index contributed by atoms with van der Waals surface area (Å²) < 4.78 is 4.12. The number of carboxylic acids is 2. The largest absolute Gasteiger partial charge is 1.00 e. The van der Waals surface area contributed by atoms with E-state index in [1.54, 1.807) is 0 Å². The second-order valence-electron chi connectivity index (χ2n) is 1.93. The fourth-order valence-corrected chi connectivity index (χ4v) is 0.419. The topological polar surface area (TPSA) is 104 Å². The van der Waals surface area contributed by atoms with Crippen LogP contribution in [0.3, 0.4) is 0 Å². The van der Waals surface area contributed by atoms with Crippen LogP contribution in [0.4, 0.5) is 0 Å². The van der Waals surface area contributed by atoms with Crippen LogP contribution in [0.5, 0.6) is 0 Å². The third-order valence-corrected chi connectivity index (χ3v) is 0.890. The molecule has 0 bridgehead atoms. The normalized spacial score (nSPS) is 8.31. The fraction of sp³-hybridized carbons (Fsp3) is 0.500. The van der Waals surface area contributed by atoms with Crippen LogP contribution in [0.15, 0.2) is 0 Å². The molecule has 0 heterocycles. The quantitative estimate of drug-likeness (QED) is 0.351. The number of carboxylic acid groups (broad SMARTS) is 2. The van der Waals surface area contributed by atoms with Crippen LogP contribution in [0.2, 0.25) is 0 Å². The number of aliphatic carboxylic acids is 2. The maximum atomic E-state index is 10.5. The van der Waals surface area contributed by atoms with Gasteiger partial charge in [-0.2, -0.15) is 0 Å². The Morgan fingerprint density at radius 1 is 1.23 bits per heavy atom. The number of rotatable bonds is 5. The number of carbonyl (C=O) groups excluding carboxylic acids is 2. The van der Waals surface area contributed by atoms with Crippen LogP contribution in [-0.2, 0) is 19.1 Å². The molecule has 0 unspecified atom stereocenters. The van der Waals surface area contributed by atoms with Crippen molar-refractivity contribution in [3.8, 4) is 0 Å². The molecule has 0 amide bonds. The zero-order chi connectivity index (χ0) is 9.56. The van der Waals surface area contributed by atoms with E-state index in [0.717, 1.165) is 0 Å². The van der Waals surface area contributed by atoms with Gasteiger partial charge in [0.05, 0.1) is 6.42 Å². The molecule has 0 aliphatic heterocycles. The van der Waals surface area contributed by atoms with Gasteiger partial charge in [-0.05, 0) is 6.42 Å². The summed E-state index contributed by atoms with van der Waals surface area (Å²) >= 11 is 0. The van der Waals surface area contributed by atoms with Crippen LogP contribution >= 0.6 is 0 Å². The third kappa shape index (κ3) is 11.4. The number of carbonyl (C=O) groups is 3. The average Bonchev–Trinajstić information content (AvgIpc) is 1.96. The Hall–Kier alpha value is -0.590. The molecule has 0 aliphatic carbocycles. The van der Waals surface area contributed by atoms with E-state index in [4.69, 9.17) is 5.11 Å².